The molecule has 2 rings (SSSR count). The Kier molecular flexibility index (Phi) is 7.29. The Morgan fingerprint density at radius 2 is 1.90 bits per heavy atom. The summed E-state index contributed by atoms with van der Waals surface area (Å²) in [6, 6.07) is 9.28. The topological polar surface area (TPSA) is 102 Å². The van der Waals surface area contributed by atoms with E-state index in [-0.39, 0.29) is 31.5 Å². The van der Waals surface area contributed by atoms with Crippen LogP contribution in [-0.2, 0) is 23.8 Å². The smallest absolute Gasteiger partial charge is 0.407 e. The highest BCUT2D eigenvalue weighted by atomic mass is 32.2. The zero-order chi connectivity index (χ0) is 21.8. The van der Waals surface area contributed by atoms with Crippen LogP contribution in [0.3, 0.4) is 0 Å². The number of likely N-dealkylation sites (tertiary alicyclic amines) is 1. The third-order valence-electron chi connectivity index (χ3n) is 4.60. The third kappa shape index (κ3) is 7.01. The molecular weight excluding hydrogens is 396 g/mol. The van der Waals surface area contributed by atoms with Crippen molar-refractivity contribution in [3.63, 3.8) is 0 Å². The van der Waals surface area contributed by atoms with Gasteiger partial charge in [-0.05, 0) is 39.7 Å². The molecule has 162 valence electrons. The van der Waals surface area contributed by atoms with E-state index in [2.05, 4.69) is 5.32 Å². The summed E-state index contributed by atoms with van der Waals surface area (Å²) >= 11 is 0. The number of carbonyl (C=O) groups excluding carboxylic acids is 2. The zero-order valence-corrected chi connectivity index (χ0v) is 18.4. The molecular formula is C20H30N2O6S. The minimum Gasteiger partial charge on any atom is -0.444 e. The molecule has 0 unspecified atom stereocenters. The standard InChI is InChI=1S/C20H30N2O6S/c1-14(15-9-7-6-8-10-15)22-13-17(28-29(5,25)26)16(18(22)23)11-12-21-19(24)27-20(2,3)4/h6-10,14,16-17H,11-13H2,1-5H3,(H,21,24)/t14-,16-,17+/m1/s1. The van der Waals surface area contributed by atoms with E-state index in [9.17, 15) is 18.0 Å². The van der Waals surface area contributed by atoms with Gasteiger partial charge >= 0.3 is 6.09 Å². The highest BCUT2D eigenvalue weighted by Gasteiger charge is 2.44. The summed E-state index contributed by atoms with van der Waals surface area (Å²) in [6.45, 7) is 7.50. The highest BCUT2D eigenvalue weighted by Crippen LogP contribution is 2.32. The molecule has 0 aromatic heterocycles. The van der Waals surface area contributed by atoms with Crippen LogP contribution in [0.2, 0.25) is 0 Å². The molecule has 1 aromatic rings. The fourth-order valence-corrected chi connectivity index (χ4v) is 3.96. The molecule has 1 aromatic carbocycles. The van der Waals surface area contributed by atoms with E-state index >= 15 is 0 Å². The van der Waals surface area contributed by atoms with Gasteiger partial charge in [0.15, 0.2) is 0 Å². The third-order valence-corrected chi connectivity index (χ3v) is 5.19. The van der Waals surface area contributed by atoms with Gasteiger partial charge in [0.05, 0.1) is 18.2 Å². The molecule has 0 bridgehead atoms. The Bertz CT molecular complexity index is 819. The molecule has 3 atom stereocenters. The van der Waals surface area contributed by atoms with Crippen molar-refractivity contribution in [3.8, 4) is 0 Å². The van der Waals surface area contributed by atoms with Gasteiger partial charge in [-0.25, -0.2) is 4.79 Å². The average Bonchev–Trinajstić information content (AvgIpc) is 2.88. The second kappa shape index (κ2) is 9.13. The van der Waals surface area contributed by atoms with E-state index in [1.165, 1.54) is 0 Å². The Balaban J connectivity index is 2.08. The maximum Gasteiger partial charge on any atom is 0.407 e. The Hall–Kier alpha value is -2.13. The molecule has 2 amide bonds. The van der Waals surface area contributed by atoms with E-state index in [0.29, 0.717) is 0 Å². The average molecular weight is 427 g/mol. The van der Waals surface area contributed by atoms with E-state index in [1.54, 1.807) is 25.7 Å². The zero-order valence-electron chi connectivity index (χ0n) is 17.5. The predicted molar refractivity (Wildman–Crippen MR) is 109 cm³/mol. The van der Waals surface area contributed by atoms with Gasteiger partial charge in [0.2, 0.25) is 5.91 Å². The van der Waals surface area contributed by atoms with Crippen molar-refractivity contribution < 1.29 is 26.9 Å². The highest BCUT2D eigenvalue weighted by molar-refractivity contribution is 7.86. The van der Waals surface area contributed by atoms with Crippen LogP contribution in [0, 0.1) is 5.92 Å². The number of nitrogens with one attached hydrogen (secondary N) is 1. The summed E-state index contributed by atoms with van der Waals surface area (Å²) in [4.78, 5) is 26.5. The van der Waals surface area contributed by atoms with Crippen LogP contribution in [0.1, 0.15) is 45.7 Å². The van der Waals surface area contributed by atoms with Gasteiger partial charge in [0, 0.05) is 13.1 Å². The number of ether oxygens (including phenoxy) is 1. The van der Waals surface area contributed by atoms with Gasteiger partial charge in [0.25, 0.3) is 10.1 Å². The van der Waals surface area contributed by atoms with Gasteiger partial charge in [-0.2, -0.15) is 8.42 Å². The summed E-state index contributed by atoms with van der Waals surface area (Å²) in [5.41, 5.74) is 0.323. The molecule has 0 radical (unpaired) electrons. The van der Waals surface area contributed by atoms with Crippen LogP contribution in [0.4, 0.5) is 4.79 Å². The van der Waals surface area contributed by atoms with Crippen molar-refractivity contribution in [1.29, 1.82) is 0 Å². The van der Waals surface area contributed by atoms with Crippen LogP contribution < -0.4 is 5.32 Å². The fraction of sp³-hybridized carbons (Fsp3) is 0.600. The number of alkyl carbamates (subject to hydrolysis) is 1. The number of rotatable bonds is 7. The van der Waals surface area contributed by atoms with Crippen LogP contribution >= 0.6 is 0 Å². The number of benzene rings is 1. The van der Waals surface area contributed by atoms with Crippen molar-refractivity contribution >= 4 is 22.1 Å². The van der Waals surface area contributed by atoms with Crippen molar-refractivity contribution in [2.75, 3.05) is 19.3 Å². The first-order chi connectivity index (χ1) is 13.4. The lowest BCUT2D eigenvalue weighted by Crippen LogP contribution is -2.36. The summed E-state index contributed by atoms with van der Waals surface area (Å²) in [7, 11) is -3.73. The number of amides is 2. The molecule has 0 spiro atoms. The van der Waals surface area contributed by atoms with E-state index < -0.39 is 33.8 Å². The summed E-state index contributed by atoms with van der Waals surface area (Å²) < 4.78 is 33.7. The van der Waals surface area contributed by atoms with Gasteiger partial charge in [-0.1, -0.05) is 30.3 Å². The maximum atomic E-state index is 13.0. The molecule has 1 aliphatic heterocycles. The molecule has 1 heterocycles. The van der Waals surface area contributed by atoms with Crippen molar-refractivity contribution in [1.82, 2.24) is 10.2 Å². The van der Waals surface area contributed by atoms with Crippen molar-refractivity contribution in [3.05, 3.63) is 35.9 Å². The number of carbonyl (C=O) groups is 2. The van der Waals surface area contributed by atoms with Crippen LogP contribution in [-0.4, -0.2) is 56.4 Å². The molecule has 1 aliphatic rings. The molecule has 9 heteroatoms. The van der Waals surface area contributed by atoms with E-state index in [4.69, 9.17) is 8.92 Å². The minimum absolute atomic E-state index is 0.166. The maximum absolute atomic E-state index is 13.0. The largest absolute Gasteiger partial charge is 0.444 e. The molecule has 1 fully saturated rings. The first-order valence-corrected chi connectivity index (χ1v) is 11.4. The van der Waals surface area contributed by atoms with Crippen molar-refractivity contribution in [2.24, 2.45) is 5.92 Å². The number of hydrogen-bond acceptors (Lipinski definition) is 6. The van der Waals surface area contributed by atoms with Crippen LogP contribution in [0.25, 0.3) is 0 Å². The quantitative estimate of drug-likeness (QED) is 0.672. The first kappa shape index (κ1) is 23.2. The summed E-state index contributed by atoms with van der Waals surface area (Å²) in [6.07, 6.45) is -0.172. The Labute approximate surface area is 172 Å². The predicted octanol–water partition coefficient (Wildman–Crippen LogP) is 2.47. The molecule has 1 saturated heterocycles. The summed E-state index contributed by atoms with van der Waals surface area (Å²) in [5, 5.41) is 2.61. The second-order valence-electron chi connectivity index (χ2n) is 8.24. The lowest BCUT2D eigenvalue weighted by molar-refractivity contribution is -0.133. The Morgan fingerprint density at radius 1 is 1.28 bits per heavy atom. The molecule has 29 heavy (non-hydrogen) atoms. The fourth-order valence-electron chi connectivity index (χ4n) is 3.32. The van der Waals surface area contributed by atoms with Crippen LogP contribution in [0.15, 0.2) is 30.3 Å². The van der Waals surface area contributed by atoms with E-state index in [1.807, 2.05) is 37.3 Å². The molecule has 8 nitrogen and oxygen atoms in total. The summed E-state index contributed by atoms with van der Waals surface area (Å²) in [5.74, 6) is -0.869. The van der Waals surface area contributed by atoms with Crippen molar-refractivity contribution in [2.45, 2.75) is 51.9 Å². The molecule has 0 aliphatic carbocycles. The van der Waals surface area contributed by atoms with Gasteiger partial charge in [0.1, 0.15) is 11.7 Å². The van der Waals surface area contributed by atoms with E-state index in [0.717, 1.165) is 11.8 Å². The van der Waals surface area contributed by atoms with Gasteiger partial charge in [-0.3, -0.25) is 8.98 Å². The van der Waals surface area contributed by atoms with Crippen LogP contribution in [0.5, 0.6) is 0 Å². The molecule has 0 saturated carbocycles. The Morgan fingerprint density at radius 3 is 2.45 bits per heavy atom. The monoisotopic (exact) mass is 426 g/mol. The minimum atomic E-state index is -3.73. The number of hydrogen-bond donors (Lipinski definition) is 1. The lowest BCUT2D eigenvalue weighted by Gasteiger charge is -2.25. The molecule has 1 N–H and O–H groups in total. The van der Waals surface area contributed by atoms with Gasteiger partial charge in [-0.15, -0.1) is 0 Å². The SMILES string of the molecule is C[C@H](c1ccccc1)N1C[C@H](OS(C)(=O)=O)[C@@H](CCNC(=O)OC(C)(C)C)C1=O. The van der Waals surface area contributed by atoms with Gasteiger partial charge < -0.3 is 15.0 Å². The number of nitrogens with zero attached hydrogens (tertiary/aromatic N) is 1. The first-order valence-electron chi connectivity index (χ1n) is 9.58. The normalized spacial score (nSPS) is 21.1. The second-order valence-corrected chi connectivity index (χ2v) is 9.84. The lowest BCUT2D eigenvalue weighted by atomic mass is 10.0.